The van der Waals surface area contributed by atoms with Crippen molar-refractivity contribution in [3.8, 4) is 0 Å². The molecule has 0 amide bonds. The SMILES string of the molecule is CC/C=C/C/C=C/CCCCCCCC(=O)O. The maximum atomic E-state index is 10.3. The van der Waals surface area contributed by atoms with Crippen LogP contribution in [-0.2, 0) is 4.79 Å². The molecule has 0 fully saturated rings. The third-order valence-corrected chi connectivity index (χ3v) is 2.60. The number of carbonyl (C=O) groups is 1. The Morgan fingerprint density at radius 1 is 0.941 bits per heavy atom. The van der Waals surface area contributed by atoms with Crippen molar-refractivity contribution in [2.45, 2.75) is 64.7 Å². The lowest BCUT2D eigenvalue weighted by Crippen LogP contribution is -1.93. The molecule has 0 aromatic heterocycles. The third kappa shape index (κ3) is 14.9. The molecule has 0 bridgehead atoms. The van der Waals surface area contributed by atoms with Crippen LogP contribution in [0.1, 0.15) is 64.7 Å². The molecule has 2 nitrogen and oxygen atoms in total. The number of carboxylic acid groups (broad SMARTS) is 1. The summed E-state index contributed by atoms with van der Waals surface area (Å²) in [6, 6.07) is 0. The van der Waals surface area contributed by atoms with Crippen LogP contribution in [-0.4, -0.2) is 11.1 Å². The van der Waals surface area contributed by atoms with E-state index in [-0.39, 0.29) is 0 Å². The van der Waals surface area contributed by atoms with Gasteiger partial charge in [0.2, 0.25) is 0 Å². The maximum Gasteiger partial charge on any atom is 0.303 e. The van der Waals surface area contributed by atoms with E-state index in [2.05, 4.69) is 31.2 Å². The molecule has 0 aromatic rings. The summed E-state index contributed by atoms with van der Waals surface area (Å²) in [6.45, 7) is 2.14. The fourth-order valence-electron chi connectivity index (χ4n) is 1.62. The Kier molecular flexibility index (Phi) is 12.2. The van der Waals surface area contributed by atoms with Gasteiger partial charge in [-0.05, 0) is 32.1 Å². The summed E-state index contributed by atoms with van der Waals surface area (Å²) in [5.74, 6) is -0.673. The second-order valence-electron chi connectivity index (χ2n) is 4.29. The minimum Gasteiger partial charge on any atom is -0.481 e. The normalized spacial score (nSPS) is 11.6. The lowest BCUT2D eigenvalue weighted by molar-refractivity contribution is -0.137. The molecule has 98 valence electrons. The van der Waals surface area contributed by atoms with Gasteiger partial charge >= 0.3 is 5.97 Å². The van der Waals surface area contributed by atoms with Crippen molar-refractivity contribution >= 4 is 5.97 Å². The van der Waals surface area contributed by atoms with Gasteiger partial charge in [-0.2, -0.15) is 0 Å². The van der Waals surface area contributed by atoms with Crippen molar-refractivity contribution in [3.05, 3.63) is 24.3 Å². The number of unbranched alkanes of at least 4 members (excludes halogenated alkanes) is 5. The molecular weight excluding hydrogens is 212 g/mol. The molecule has 0 aliphatic rings. The second kappa shape index (κ2) is 13.0. The predicted molar refractivity (Wildman–Crippen MR) is 73.1 cm³/mol. The van der Waals surface area contributed by atoms with Gasteiger partial charge in [-0.3, -0.25) is 4.79 Å². The highest BCUT2D eigenvalue weighted by Gasteiger charge is 1.95. The molecule has 0 rings (SSSR count). The zero-order valence-electron chi connectivity index (χ0n) is 11.0. The highest BCUT2D eigenvalue weighted by Crippen LogP contribution is 2.07. The van der Waals surface area contributed by atoms with Gasteiger partial charge in [0.15, 0.2) is 0 Å². The topological polar surface area (TPSA) is 37.3 Å². The molecule has 0 aromatic carbocycles. The van der Waals surface area contributed by atoms with Crippen LogP contribution < -0.4 is 0 Å². The molecule has 0 saturated carbocycles. The third-order valence-electron chi connectivity index (χ3n) is 2.60. The smallest absolute Gasteiger partial charge is 0.303 e. The van der Waals surface area contributed by atoms with Crippen molar-refractivity contribution in [1.82, 2.24) is 0 Å². The lowest BCUT2D eigenvalue weighted by Gasteiger charge is -1.98. The number of carboxylic acids is 1. The summed E-state index contributed by atoms with van der Waals surface area (Å²) in [7, 11) is 0. The van der Waals surface area contributed by atoms with Crippen LogP contribution >= 0.6 is 0 Å². The molecule has 17 heavy (non-hydrogen) atoms. The average Bonchev–Trinajstić information content (AvgIpc) is 2.30. The number of aliphatic carboxylic acids is 1. The molecule has 0 saturated heterocycles. The summed E-state index contributed by atoms with van der Waals surface area (Å²) >= 11 is 0. The number of allylic oxidation sites excluding steroid dienone is 4. The maximum absolute atomic E-state index is 10.3. The van der Waals surface area contributed by atoms with Crippen molar-refractivity contribution in [2.75, 3.05) is 0 Å². The Bertz CT molecular complexity index is 229. The molecule has 0 atom stereocenters. The van der Waals surface area contributed by atoms with Gasteiger partial charge < -0.3 is 5.11 Å². The van der Waals surface area contributed by atoms with Crippen molar-refractivity contribution in [3.63, 3.8) is 0 Å². The van der Waals surface area contributed by atoms with Crippen LogP contribution in [0.15, 0.2) is 24.3 Å². The summed E-state index contributed by atoms with van der Waals surface area (Å²) < 4.78 is 0. The minimum absolute atomic E-state index is 0.323. The number of hydrogen-bond acceptors (Lipinski definition) is 1. The van der Waals surface area contributed by atoms with E-state index in [9.17, 15) is 4.79 Å². The Morgan fingerprint density at radius 3 is 2.29 bits per heavy atom. The first-order chi connectivity index (χ1) is 8.27. The first-order valence-corrected chi connectivity index (χ1v) is 6.79. The predicted octanol–water partition coefficient (Wildman–Crippen LogP) is 4.71. The van der Waals surface area contributed by atoms with Gasteiger partial charge in [0.25, 0.3) is 0 Å². The van der Waals surface area contributed by atoms with Crippen molar-refractivity contribution < 1.29 is 9.90 Å². The number of rotatable bonds is 11. The molecule has 0 unspecified atom stereocenters. The van der Waals surface area contributed by atoms with Gasteiger partial charge in [-0.15, -0.1) is 0 Å². The Balaban J connectivity index is 3.12. The van der Waals surface area contributed by atoms with Gasteiger partial charge in [0.05, 0.1) is 0 Å². The van der Waals surface area contributed by atoms with E-state index in [0.717, 1.165) is 38.5 Å². The Labute approximate surface area is 105 Å². The summed E-state index contributed by atoms with van der Waals surface area (Å²) in [5.41, 5.74) is 0. The minimum atomic E-state index is -0.673. The highest BCUT2D eigenvalue weighted by atomic mass is 16.4. The first kappa shape index (κ1) is 16.0. The van der Waals surface area contributed by atoms with E-state index in [1.165, 1.54) is 12.8 Å². The van der Waals surface area contributed by atoms with E-state index in [0.29, 0.717) is 6.42 Å². The fraction of sp³-hybridized carbons (Fsp3) is 0.667. The Morgan fingerprint density at radius 2 is 1.59 bits per heavy atom. The summed E-state index contributed by atoms with van der Waals surface area (Å²) in [4.78, 5) is 10.3. The van der Waals surface area contributed by atoms with Gasteiger partial charge in [-0.25, -0.2) is 0 Å². The van der Waals surface area contributed by atoms with Gasteiger partial charge in [0, 0.05) is 6.42 Å². The molecule has 0 heterocycles. The van der Waals surface area contributed by atoms with E-state index in [1.807, 2.05) is 0 Å². The first-order valence-electron chi connectivity index (χ1n) is 6.79. The monoisotopic (exact) mass is 238 g/mol. The van der Waals surface area contributed by atoms with Crippen LogP contribution in [0.3, 0.4) is 0 Å². The van der Waals surface area contributed by atoms with E-state index in [1.54, 1.807) is 0 Å². The second-order valence-corrected chi connectivity index (χ2v) is 4.29. The molecule has 1 N–H and O–H groups in total. The van der Waals surface area contributed by atoms with E-state index in [4.69, 9.17) is 5.11 Å². The zero-order chi connectivity index (χ0) is 12.8. The van der Waals surface area contributed by atoms with Crippen LogP contribution in [0.2, 0.25) is 0 Å². The molecule has 0 radical (unpaired) electrons. The van der Waals surface area contributed by atoms with Gasteiger partial charge in [0.1, 0.15) is 0 Å². The molecule has 0 spiro atoms. The van der Waals surface area contributed by atoms with Crippen LogP contribution in [0, 0.1) is 0 Å². The van der Waals surface area contributed by atoms with Crippen LogP contribution in [0.25, 0.3) is 0 Å². The van der Waals surface area contributed by atoms with E-state index < -0.39 is 5.97 Å². The lowest BCUT2D eigenvalue weighted by atomic mass is 10.1. The highest BCUT2D eigenvalue weighted by molar-refractivity contribution is 5.66. The van der Waals surface area contributed by atoms with Crippen molar-refractivity contribution in [1.29, 1.82) is 0 Å². The van der Waals surface area contributed by atoms with E-state index >= 15 is 0 Å². The van der Waals surface area contributed by atoms with Gasteiger partial charge in [-0.1, -0.05) is 50.5 Å². The molecule has 2 heteroatoms. The Hall–Kier alpha value is -1.05. The summed E-state index contributed by atoms with van der Waals surface area (Å²) in [6.07, 6.45) is 18.0. The quantitative estimate of drug-likeness (QED) is 0.418. The average molecular weight is 238 g/mol. The van der Waals surface area contributed by atoms with Crippen LogP contribution in [0.4, 0.5) is 0 Å². The van der Waals surface area contributed by atoms with Crippen LogP contribution in [0.5, 0.6) is 0 Å². The molecule has 0 aliphatic carbocycles. The fourth-order valence-corrected chi connectivity index (χ4v) is 1.62. The molecule has 0 aliphatic heterocycles. The molecular formula is C15H26O2. The standard InChI is InChI=1S/C15H26O2/c1-2-3-4-5-6-7-8-9-10-11-12-13-14-15(16)17/h3-4,6-7H,2,5,8-14H2,1H3,(H,16,17)/b4-3+,7-6+. The largest absolute Gasteiger partial charge is 0.481 e. The zero-order valence-corrected chi connectivity index (χ0v) is 11.0. The summed E-state index contributed by atoms with van der Waals surface area (Å²) in [5, 5.41) is 8.46. The number of hydrogen-bond donors (Lipinski definition) is 1. The van der Waals surface area contributed by atoms with Crippen molar-refractivity contribution in [2.24, 2.45) is 0 Å².